The molecule has 2 aromatic rings. The van der Waals surface area contributed by atoms with Crippen molar-refractivity contribution in [3.05, 3.63) is 58.3 Å². The highest BCUT2D eigenvalue weighted by atomic mass is 79.9. The molecule has 0 aliphatic rings. The first-order valence-electron chi connectivity index (χ1n) is 5.24. The lowest BCUT2D eigenvalue weighted by atomic mass is 10.2. The van der Waals surface area contributed by atoms with Crippen molar-refractivity contribution in [2.75, 3.05) is 5.73 Å². The van der Waals surface area contributed by atoms with Gasteiger partial charge in [0.05, 0.1) is 16.6 Å². The molecule has 18 heavy (non-hydrogen) atoms. The van der Waals surface area contributed by atoms with E-state index in [1.807, 2.05) is 12.1 Å². The Morgan fingerprint density at radius 3 is 2.50 bits per heavy atom. The summed E-state index contributed by atoms with van der Waals surface area (Å²) in [5.74, 6) is -0.155. The fourth-order valence-corrected chi connectivity index (χ4v) is 2.91. The molecule has 0 fully saturated rings. The van der Waals surface area contributed by atoms with E-state index in [1.165, 1.54) is 18.2 Å². The van der Waals surface area contributed by atoms with Gasteiger partial charge in [-0.25, -0.2) is 4.39 Å². The average Bonchev–Trinajstić information content (AvgIpc) is 2.34. The molecular formula is C13H11BrFNOS. The van der Waals surface area contributed by atoms with Crippen molar-refractivity contribution >= 4 is 32.4 Å². The molecule has 0 bridgehead atoms. The molecule has 0 aliphatic carbocycles. The van der Waals surface area contributed by atoms with Crippen LogP contribution in [0.2, 0.25) is 0 Å². The van der Waals surface area contributed by atoms with E-state index in [9.17, 15) is 8.60 Å². The lowest BCUT2D eigenvalue weighted by molar-refractivity contribution is 0.626. The van der Waals surface area contributed by atoms with Crippen LogP contribution in [0.15, 0.2) is 51.8 Å². The van der Waals surface area contributed by atoms with Crippen LogP contribution in [-0.2, 0) is 16.6 Å². The molecule has 2 rings (SSSR count). The van der Waals surface area contributed by atoms with Gasteiger partial charge in [-0.05, 0) is 48.0 Å². The van der Waals surface area contributed by atoms with Crippen molar-refractivity contribution < 1.29 is 8.60 Å². The number of benzene rings is 2. The van der Waals surface area contributed by atoms with Gasteiger partial charge in [-0.15, -0.1) is 0 Å². The molecule has 0 radical (unpaired) electrons. The molecule has 2 N–H and O–H groups in total. The molecule has 0 saturated heterocycles. The zero-order valence-corrected chi connectivity index (χ0v) is 11.8. The van der Waals surface area contributed by atoms with Crippen LogP contribution in [0.3, 0.4) is 0 Å². The number of anilines is 1. The molecule has 1 atom stereocenters. The van der Waals surface area contributed by atoms with Gasteiger partial charge < -0.3 is 5.73 Å². The van der Waals surface area contributed by atoms with Crippen LogP contribution in [0.4, 0.5) is 10.1 Å². The normalized spacial score (nSPS) is 12.3. The molecule has 94 valence electrons. The maximum absolute atomic E-state index is 13.1. The van der Waals surface area contributed by atoms with Crippen LogP contribution >= 0.6 is 15.9 Å². The second kappa shape index (κ2) is 5.63. The first-order chi connectivity index (χ1) is 8.56. The summed E-state index contributed by atoms with van der Waals surface area (Å²) in [5.41, 5.74) is 6.76. The number of halogens is 2. The van der Waals surface area contributed by atoms with Crippen molar-refractivity contribution in [1.29, 1.82) is 0 Å². The zero-order chi connectivity index (χ0) is 13.1. The minimum absolute atomic E-state index is 0.214. The van der Waals surface area contributed by atoms with E-state index in [4.69, 9.17) is 5.73 Å². The van der Waals surface area contributed by atoms with Crippen LogP contribution in [0.5, 0.6) is 0 Å². The summed E-state index contributed by atoms with van der Waals surface area (Å²) in [5, 5.41) is 0. The largest absolute Gasteiger partial charge is 0.398 e. The molecule has 0 aromatic heterocycles. The summed E-state index contributed by atoms with van der Waals surface area (Å²) in [6.45, 7) is 0. The highest BCUT2D eigenvalue weighted by Crippen LogP contribution is 2.20. The zero-order valence-electron chi connectivity index (χ0n) is 9.40. The average molecular weight is 328 g/mol. The third-order valence-corrected chi connectivity index (χ3v) is 4.37. The van der Waals surface area contributed by atoms with Gasteiger partial charge in [0.15, 0.2) is 0 Å². The van der Waals surface area contributed by atoms with Gasteiger partial charge in [-0.3, -0.25) is 4.21 Å². The van der Waals surface area contributed by atoms with E-state index in [-0.39, 0.29) is 11.6 Å². The van der Waals surface area contributed by atoms with Crippen molar-refractivity contribution in [3.8, 4) is 0 Å². The highest BCUT2D eigenvalue weighted by Gasteiger charge is 2.08. The highest BCUT2D eigenvalue weighted by molar-refractivity contribution is 9.10. The van der Waals surface area contributed by atoms with Crippen molar-refractivity contribution in [2.45, 2.75) is 10.6 Å². The monoisotopic (exact) mass is 327 g/mol. The van der Waals surface area contributed by atoms with Crippen LogP contribution in [0.25, 0.3) is 0 Å². The van der Waals surface area contributed by atoms with Crippen molar-refractivity contribution in [1.82, 2.24) is 0 Å². The first-order valence-corrected chi connectivity index (χ1v) is 7.35. The number of rotatable bonds is 3. The lowest BCUT2D eigenvalue weighted by Crippen LogP contribution is -2.01. The Morgan fingerprint density at radius 1 is 1.17 bits per heavy atom. The van der Waals surface area contributed by atoms with Crippen LogP contribution in [-0.4, -0.2) is 4.21 Å². The van der Waals surface area contributed by atoms with E-state index in [0.717, 1.165) is 4.47 Å². The Balaban J connectivity index is 2.21. The van der Waals surface area contributed by atoms with Gasteiger partial charge in [0.2, 0.25) is 0 Å². The minimum Gasteiger partial charge on any atom is -0.398 e. The lowest BCUT2D eigenvalue weighted by Gasteiger charge is -2.06. The van der Waals surface area contributed by atoms with E-state index in [0.29, 0.717) is 16.1 Å². The van der Waals surface area contributed by atoms with Gasteiger partial charge in [0.25, 0.3) is 0 Å². The molecular weight excluding hydrogens is 317 g/mol. The van der Waals surface area contributed by atoms with Crippen molar-refractivity contribution in [2.24, 2.45) is 0 Å². The second-order valence-corrected chi connectivity index (χ2v) is 6.15. The summed E-state index contributed by atoms with van der Waals surface area (Å²) >= 11 is 3.31. The Morgan fingerprint density at radius 2 is 1.83 bits per heavy atom. The molecule has 0 aliphatic heterocycles. The number of hydrogen-bond donors (Lipinski definition) is 1. The Hall–Kier alpha value is -1.20. The van der Waals surface area contributed by atoms with Gasteiger partial charge in [-0.2, -0.15) is 0 Å². The standard InChI is InChI=1S/C13H11BrFNOS/c14-10-1-4-12(5-2-10)18(17)8-9-7-11(15)3-6-13(9)16/h1-7H,8,16H2. The van der Waals surface area contributed by atoms with Gasteiger partial charge in [0.1, 0.15) is 5.82 Å². The molecule has 0 amide bonds. The second-order valence-electron chi connectivity index (χ2n) is 3.79. The summed E-state index contributed by atoms with van der Waals surface area (Å²) in [6, 6.07) is 11.3. The van der Waals surface area contributed by atoms with E-state index >= 15 is 0 Å². The Bertz CT molecular complexity index is 586. The van der Waals surface area contributed by atoms with Gasteiger partial charge in [0, 0.05) is 15.1 Å². The van der Waals surface area contributed by atoms with Crippen LogP contribution in [0.1, 0.15) is 5.56 Å². The maximum Gasteiger partial charge on any atom is 0.123 e. The smallest absolute Gasteiger partial charge is 0.123 e. The van der Waals surface area contributed by atoms with Crippen LogP contribution in [0, 0.1) is 5.82 Å². The predicted molar refractivity (Wildman–Crippen MR) is 75.1 cm³/mol. The maximum atomic E-state index is 13.1. The minimum atomic E-state index is -1.23. The number of nitrogens with two attached hydrogens (primary N) is 1. The molecule has 0 spiro atoms. The summed E-state index contributed by atoms with van der Waals surface area (Å²) in [6.07, 6.45) is 0. The van der Waals surface area contributed by atoms with E-state index < -0.39 is 10.8 Å². The summed E-state index contributed by atoms with van der Waals surface area (Å²) in [7, 11) is -1.23. The fourth-order valence-electron chi connectivity index (χ4n) is 1.51. The number of nitrogen functional groups attached to an aromatic ring is 1. The van der Waals surface area contributed by atoms with Gasteiger partial charge in [-0.1, -0.05) is 15.9 Å². The third kappa shape index (κ3) is 3.17. The summed E-state index contributed by atoms with van der Waals surface area (Å²) < 4.78 is 26.1. The van der Waals surface area contributed by atoms with Gasteiger partial charge >= 0.3 is 0 Å². The first kappa shape index (κ1) is 13.2. The summed E-state index contributed by atoms with van der Waals surface area (Å²) in [4.78, 5) is 0.696. The molecule has 2 nitrogen and oxygen atoms in total. The van der Waals surface area contributed by atoms with E-state index in [1.54, 1.807) is 12.1 Å². The van der Waals surface area contributed by atoms with E-state index in [2.05, 4.69) is 15.9 Å². The fraction of sp³-hybridized carbons (Fsp3) is 0.0769. The molecule has 5 heteroatoms. The topological polar surface area (TPSA) is 43.1 Å². The third-order valence-electron chi connectivity index (χ3n) is 2.47. The molecule has 1 unspecified atom stereocenters. The Labute approximate surface area is 116 Å². The molecule has 0 saturated carbocycles. The molecule has 0 heterocycles. The van der Waals surface area contributed by atoms with Crippen molar-refractivity contribution in [3.63, 3.8) is 0 Å². The quantitative estimate of drug-likeness (QED) is 0.877. The Kier molecular flexibility index (Phi) is 4.14. The SMILES string of the molecule is Nc1ccc(F)cc1CS(=O)c1ccc(Br)cc1. The molecule has 2 aromatic carbocycles. The number of hydrogen-bond acceptors (Lipinski definition) is 2. The van der Waals surface area contributed by atoms with Crippen LogP contribution < -0.4 is 5.73 Å². The predicted octanol–water partition coefficient (Wildman–Crippen LogP) is 3.48.